The van der Waals surface area contributed by atoms with Crippen LogP contribution in [0.1, 0.15) is 22.8 Å². The van der Waals surface area contributed by atoms with Gasteiger partial charge in [-0.3, -0.25) is 4.79 Å². The van der Waals surface area contributed by atoms with E-state index in [0.29, 0.717) is 5.56 Å². The zero-order valence-corrected chi connectivity index (χ0v) is 21.9. The number of pyridine rings is 1. The molecule has 0 aliphatic carbocycles. The number of methoxy groups -OCH3 is 1. The second-order valence-corrected chi connectivity index (χ2v) is 9.93. The van der Waals surface area contributed by atoms with Gasteiger partial charge in [-0.15, -0.1) is 0 Å². The molecule has 1 aliphatic heterocycles. The number of nitrogens with one attached hydrogen (secondary N) is 1. The zero-order valence-electron chi connectivity index (χ0n) is 21.9. The predicted octanol–water partition coefficient (Wildman–Crippen LogP) is 7.32. The molecule has 0 atom stereocenters. The van der Waals surface area contributed by atoms with E-state index in [1.165, 1.54) is 22.0 Å². The van der Waals surface area contributed by atoms with E-state index < -0.39 is 0 Å². The lowest BCUT2D eigenvalue weighted by atomic mass is 10.1. The van der Waals surface area contributed by atoms with Crippen molar-refractivity contribution in [1.29, 1.82) is 0 Å². The molecule has 3 heterocycles. The van der Waals surface area contributed by atoms with Gasteiger partial charge in [-0.1, -0.05) is 18.2 Å². The van der Waals surface area contributed by atoms with Crippen molar-refractivity contribution in [1.82, 2.24) is 9.55 Å². The van der Waals surface area contributed by atoms with Crippen molar-refractivity contribution in [3.63, 3.8) is 0 Å². The summed E-state index contributed by atoms with van der Waals surface area (Å²) < 4.78 is 7.69. The van der Waals surface area contributed by atoms with E-state index in [-0.39, 0.29) is 5.91 Å². The second-order valence-electron chi connectivity index (χ2n) is 9.93. The highest BCUT2D eigenvalue weighted by atomic mass is 16.5. The summed E-state index contributed by atoms with van der Waals surface area (Å²) >= 11 is 0. The number of nitrogens with zero attached hydrogens (tertiary/aromatic N) is 3. The maximum Gasteiger partial charge on any atom is 0.255 e. The van der Waals surface area contributed by atoms with Gasteiger partial charge < -0.3 is 19.5 Å². The molecular weight excluding hydrogens is 484 g/mol. The standard InChI is InChI=1S/C33H28N4O2/c1-3-36-30-7-5-4-6-27(30)28-19-24(11-15-31(28)36)34-33(38)21-8-12-25(13-9-21)37-17-16-23-18-22-10-14-26(39-2)20-29(22)35-32(23)37/h4-15,18-20H,3,16-17H2,1-2H3,(H,34,38). The number of rotatable bonds is 5. The molecule has 192 valence electrons. The third-order valence-corrected chi connectivity index (χ3v) is 7.73. The van der Waals surface area contributed by atoms with Gasteiger partial charge in [0.05, 0.1) is 12.6 Å². The van der Waals surface area contributed by atoms with Crippen molar-refractivity contribution in [2.24, 2.45) is 0 Å². The van der Waals surface area contributed by atoms with Crippen LogP contribution >= 0.6 is 0 Å². The van der Waals surface area contributed by atoms with Gasteiger partial charge in [0.25, 0.3) is 5.91 Å². The lowest BCUT2D eigenvalue weighted by molar-refractivity contribution is 0.102. The van der Waals surface area contributed by atoms with Crippen molar-refractivity contribution in [2.45, 2.75) is 19.9 Å². The van der Waals surface area contributed by atoms with E-state index in [0.717, 1.165) is 58.7 Å². The summed E-state index contributed by atoms with van der Waals surface area (Å²) in [7, 11) is 1.67. The Morgan fingerprint density at radius 1 is 0.923 bits per heavy atom. The number of benzene rings is 4. The number of para-hydroxylation sites is 1. The van der Waals surface area contributed by atoms with E-state index in [1.807, 2.05) is 42.5 Å². The molecule has 0 spiro atoms. The van der Waals surface area contributed by atoms with Crippen molar-refractivity contribution in [3.8, 4) is 5.75 Å². The topological polar surface area (TPSA) is 59.4 Å². The number of anilines is 3. The Hall–Kier alpha value is -4.84. The van der Waals surface area contributed by atoms with E-state index in [4.69, 9.17) is 9.72 Å². The first-order valence-corrected chi connectivity index (χ1v) is 13.3. The van der Waals surface area contributed by atoms with Gasteiger partial charge in [0, 0.05) is 63.3 Å². The van der Waals surface area contributed by atoms with Crippen LogP contribution in [-0.4, -0.2) is 29.1 Å². The average molecular weight is 513 g/mol. The van der Waals surface area contributed by atoms with Gasteiger partial charge in [0.1, 0.15) is 11.6 Å². The second kappa shape index (κ2) is 9.17. The normalized spacial score (nSPS) is 12.8. The SMILES string of the molecule is CCn1c2ccccc2c2cc(NC(=O)c3ccc(N4CCc5cc6ccc(OC)cc6nc54)cc3)ccc21. The third kappa shape index (κ3) is 3.87. The van der Waals surface area contributed by atoms with Crippen LogP contribution in [0.25, 0.3) is 32.7 Å². The van der Waals surface area contributed by atoms with Crippen molar-refractivity contribution >= 4 is 55.8 Å². The highest BCUT2D eigenvalue weighted by molar-refractivity contribution is 6.11. The summed E-state index contributed by atoms with van der Waals surface area (Å²) in [6.45, 7) is 3.90. The Kier molecular flexibility index (Phi) is 5.48. The molecule has 6 heteroatoms. The Balaban J connectivity index is 1.14. The summed E-state index contributed by atoms with van der Waals surface area (Å²) in [5.41, 5.74) is 6.95. The molecule has 6 aromatic rings. The fourth-order valence-electron chi connectivity index (χ4n) is 5.78. The summed E-state index contributed by atoms with van der Waals surface area (Å²) in [6, 6.07) is 30.5. The molecule has 1 aliphatic rings. The molecule has 0 bridgehead atoms. The number of carbonyl (C=O) groups excluding carboxylic acids is 1. The molecule has 2 aromatic heterocycles. The Morgan fingerprint density at radius 2 is 1.74 bits per heavy atom. The molecule has 39 heavy (non-hydrogen) atoms. The van der Waals surface area contributed by atoms with Crippen LogP contribution in [0.5, 0.6) is 5.75 Å². The number of amides is 1. The minimum absolute atomic E-state index is 0.127. The molecule has 4 aromatic carbocycles. The molecule has 7 rings (SSSR count). The molecule has 0 radical (unpaired) electrons. The minimum atomic E-state index is -0.127. The number of hydrogen-bond acceptors (Lipinski definition) is 4. The molecule has 0 fully saturated rings. The fourth-order valence-corrected chi connectivity index (χ4v) is 5.78. The fraction of sp³-hybridized carbons (Fsp3) is 0.152. The van der Waals surface area contributed by atoms with Gasteiger partial charge in [0.15, 0.2) is 0 Å². The summed E-state index contributed by atoms with van der Waals surface area (Å²) in [5, 5.41) is 6.54. The zero-order chi connectivity index (χ0) is 26.5. The molecule has 0 unspecified atom stereocenters. The monoisotopic (exact) mass is 512 g/mol. The maximum absolute atomic E-state index is 13.2. The van der Waals surface area contributed by atoms with Gasteiger partial charge in [-0.25, -0.2) is 4.98 Å². The summed E-state index contributed by atoms with van der Waals surface area (Å²) in [4.78, 5) is 20.3. The van der Waals surface area contributed by atoms with Crippen molar-refractivity contribution < 1.29 is 9.53 Å². The Bertz CT molecular complexity index is 1890. The lowest BCUT2D eigenvalue weighted by Gasteiger charge is -2.19. The van der Waals surface area contributed by atoms with Crippen LogP contribution in [0.2, 0.25) is 0 Å². The van der Waals surface area contributed by atoms with Crippen LogP contribution in [0.3, 0.4) is 0 Å². The smallest absolute Gasteiger partial charge is 0.255 e. The first kappa shape index (κ1) is 23.3. The average Bonchev–Trinajstić information content (AvgIpc) is 3.53. The minimum Gasteiger partial charge on any atom is -0.497 e. The van der Waals surface area contributed by atoms with Crippen LogP contribution < -0.4 is 15.0 Å². The lowest BCUT2D eigenvalue weighted by Crippen LogP contribution is -2.15. The first-order chi connectivity index (χ1) is 19.1. The highest BCUT2D eigenvalue weighted by Crippen LogP contribution is 2.36. The van der Waals surface area contributed by atoms with Crippen LogP contribution in [0.15, 0.2) is 91.0 Å². The number of aromatic nitrogens is 2. The molecule has 0 saturated heterocycles. The molecular formula is C33H28N4O2. The first-order valence-electron chi connectivity index (χ1n) is 13.3. The number of aryl methyl sites for hydroxylation is 1. The van der Waals surface area contributed by atoms with E-state index in [1.54, 1.807) is 7.11 Å². The highest BCUT2D eigenvalue weighted by Gasteiger charge is 2.23. The van der Waals surface area contributed by atoms with E-state index in [9.17, 15) is 4.79 Å². The molecule has 1 N–H and O–H groups in total. The number of hydrogen-bond donors (Lipinski definition) is 1. The number of fused-ring (bicyclic) bond motifs is 5. The largest absolute Gasteiger partial charge is 0.497 e. The van der Waals surface area contributed by atoms with E-state index >= 15 is 0 Å². The van der Waals surface area contributed by atoms with Gasteiger partial charge in [-0.05, 0) is 85.6 Å². The van der Waals surface area contributed by atoms with Crippen LogP contribution in [0.4, 0.5) is 17.2 Å². The number of carbonyl (C=O) groups is 1. The van der Waals surface area contributed by atoms with Gasteiger partial charge in [-0.2, -0.15) is 0 Å². The van der Waals surface area contributed by atoms with Gasteiger partial charge >= 0.3 is 0 Å². The summed E-state index contributed by atoms with van der Waals surface area (Å²) in [5.74, 6) is 1.63. The Morgan fingerprint density at radius 3 is 2.56 bits per heavy atom. The van der Waals surface area contributed by atoms with Crippen molar-refractivity contribution in [3.05, 3.63) is 102 Å². The molecule has 0 saturated carbocycles. The molecule has 1 amide bonds. The predicted molar refractivity (Wildman–Crippen MR) is 159 cm³/mol. The van der Waals surface area contributed by atoms with Crippen LogP contribution in [-0.2, 0) is 13.0 Å². The third-order valence-electron chi connectivity index (χ3n) is 7.73. The van der Waals surface area contributed by atoms with Crippen molar-refractivity contribution in [2.75, 3.05) is 23.9 Å². The number of ether oxygens (including phenoxy) is 1. The van der Waals surface area contributed by atoms with E-state index in [2.05, 4.69) is 70.2 Å². The Labute approximate surface area is 226 Å². The van der Waals surface area contributed by atoms with Gasteiger partial charge in [0.2, 0.25) is 0 Å². The molecule has 6 nitrogen and oxygen atoms in total. The quantitative estimate of drug-likeness (QED) is 0.263. The summed E-state index contributed by atoms with van der Waals surface area (Å²) in [6.07, 6.45) is 0.934. The maximum atomic E-state index is 13.2. The van der Waals surface area contributed by atoms with Crippen LogP contribution in [0, 0.1) is 0 Å².